The Labute approximate surface area is 254 Å². The molecule has 246 valence electrons. The van der Waals surface area contributed by atoms with Gasteiger partial charge in [0.05, 0.1) is 35.4 Å². The van der Waals surface area contributed by atoms with Gasteiger partial charge in [-0.25, -0.2) is 24.4 Å². The summed E-state index contributed by atoms with van der Waals surface area (Å²) in [5, 5.41) is 41.2. The van der Waals surface area contributed by atoms with Gasteiger partial charge < -0.3 is 26.0 Å². The zero-order chi connectivity index (χ0) is 34.3. The number of hydrogen-bond acceptors (Lipinski definition) is 8. The van der Waals surface area contributed by atoms with E-state index in [4.69, 9.17) is 9.90 Å². The summed E-state index contributed by atoms with van der Waals surface area (Å²) in [6, 6.07) is 7.52. The van der Waals surface area contributed by atoms with Crippen molar-refractivity contribution >= 4 is 36.1 Å². The van der Waals surface area contributed by atoms with E-state index < -0.39 is 53.4 Å². The Morgan fingerprint density at radius 2 is 1.58 bits per heavy atom. The smallest absolute Gasteiger partial charge is 0.478 e. The van der Waals surface area contributed by atoms with Gasteiger partial charge in [-0.2, -0.15) is 13.2 Å². The van der Waals surface area contributed by atoms with Gasteiger partial charge in [0, 0.05) is 5.56 Å². The van der Waals surface area contributed by atoms with E-state index in [1.165, 1.54) is 24.3 Å². The predicted octanol–water partition coefficient (Wildman–Crippen LogP) is 3.40. The molecule has 45 heavy (non-hydrogen) atoms. The maximum absolute atomic E-state index is 12.9. The van der Waals surface area contributed by atoms with Crippen molar-refractivity contribution in [2.24, 2.45) is 5.92 Å². The number of halogens is 3. The van der Waals surface area contributed by atoms with Crippen molar-refractivity contribution in [1.82, 2.24) is 20.7 Å². The van der Waals surface area contributed by atoms with Crippen LogP contribution in [0.2, 0.25) is 0 Å². The van der Waals surface area contributed by atoms with Crippen LogP contribution in [0.15, 0.2) is 36.4 Å². The van der Waals surface area contributed by atoms with Gasteiger partial charge in [-0.3, -0.25) is 19.6 Å². The van der Waals surface area contributed by atoms with Crippen molar-refractivity contribution in [2.45, 2.75) is 58.2 Å². The van der Waals surface area contributed by atoms with Crippen LogP contribution in [0.5, 0.6) is 0 Å². The van der Waals surface area contributed by atoms with Crippen LogP contribution in [0.1, 0.15) is 77.2 Å². The molecule has 0 unspecified atom stereocenters. The standard InChI is InChI=1S/C26H32N4O8.C2HF3O2/c1-3-5-6-8-18(22(4-2)30(38)15-31)23(32)27-14-28-24(33)21-10-7-9-20(29-21)16-11-12-17(25(34)35)19(13-16)26(36)37;3-2(4,5)1(6)7/h7,9-13,15,18,22,38H,3-6,8,14H2,1-2H3,(H,27,32)(H,28,33)(H,34,35)(H,36,37);(H,6,7)/t18-,22-;/m1./s1. The predicted molar refractivity (Wildman–Crippen MR) is 149 cm³/mol. The van der Waals surface area contributed by atoms with Crippen molar-refractivity contribution < 1.29 is 62.5 Å². The van der Waals surface area contributed by atoms with Gasteiger partial charge in [0.1, 0.15) is 5.69 Å². The fourth-order valence-electron chi connectivity index (χ4n) is 4.07. The molecule has 1 heterocycles. The van der Waals surface area contributed by atoms with E-state index in [1.54, 1.807) is 13.0 Å². The lowest BCUT2D eigenvalue weighted by molar-refractivity contribution is -0.192. The number of aliphatic carboxylic acids is 1. The summed E-state index contributed by atoms with van der Waals surface area (Å²) in [5.41, 5.74) is -0.241. The van der Waals surface area contributed by atoms with Gasteiger partial charge in [-0.15, -0.1) is 0 Å². The molecule has 17 heteroatoms. The second kappa shape index (κ2) is 17.9. The summed E-state index contributed by atoms with van der Waals surface area (Å²) in [7, 11) is 0. The average molecular weight is 643 g/mol. The molecule has 3 amide bonds. The number of amides is 3. The van der Waals surface area contributed by atoms with Crippen LogP contribution in [0.25, 0.3) is 11.3 Å². The number of unbranched alkanes of at least 4 members (excludes halogenated alkanes) is 2. The number of aromatic nitrogens is 1. The van der Waals surface area contributed by atoms with Gasteiger partial charge in [0.15, 0.2) is 0 Å². The first-order chi connectivity index (χ1) is 21.1. The highest BCUT2D eigenvalue weighted by molar-refractivity contribution is 6.02. The average Bonchev–Trinajstić information content (AvgIpc) is 2.99. The van der Waals surface area contributed by atoms with Gasteiger partial charge in [-0.05, 0) is 37.1 Å². The number of hydrogen-bond donors (Lipinski definition) is 6. The van der Waals surface area contributed by atoms with Gasteiger partial charge in [-0.1, -0.05) is 45.2 Å². The minimum atomic E-state index is -5.08. The minimum absolute atomic E-state index is 0.00986. The van der Waals surface area contributed by atoms with Crippen LogP contribution in [-0.2, 0) is 14.4 Å². The maximum atomic E-state index is 12.9. The number of carbonyl (C=O) groups excluding carboxylic acids is 3. The van der Waals surface area contributed by atoms with Crippen LogP contribution in [0.4, 0.5) is 13.2 Å². The van der Waals surface area contributed by atoms with Crippen LogP contribution in [0.3, 0.4) is 0 Å². The lowest BCUT2D eigenvalue weighted by Crippen LogP contribution is -2.47. The number of nitrogens with zero attached hydrogens (tertiary/aromatic N) is 2. The Balaban J connectivity index is 0.00000129. The van der Waals surface area contributed by atoms with Crippen LogP contribution >= 0.6 is 0 Å². The first-order valence-corrected chi connectivity index (χ1v) is 13.4. The number of hydroxylamine groups is 2. The van der Waals surface area contributed by atoms with Crippen LogP contribution in [0, 0.1) is 5.92 Å². The molecule has 0 aliphatic carbocycles. The molecule has 2 aromatic rings. The summed E-state index contributed by atoms with van der Waals surface area (Å²) in [5.74, 6) is -7.25. The third-order valence-corrected chi connectivity index (χ3v) is 6.30. The van der Waals surface area contributed by atoms with E-state index in [1.807, 2.05) is 6.92 Å². The van der Waals surface area contributed by atoms with Crippen molar-refractivity contribution in [3.05, 3.63) is 53.2 Å². The van der Waals surface area contributed by atoms with Crippen molar-refractivity contribution in [1.29, 1.82) is 0 Å². The molecule has 0 aliphatic rings. The molecule has 0 spiro atoms. The fraction of sp³-hybridized carbons (Fsp3) is 0.393. The van der Waals surface area contributed by atoms with Crippen LogP contribution in [-0.4, -0.2) is 85.6 Å². The molecule has 14 nitrogen and oxygen atoms in total. The largest absolute Gasteiger partial charge is 0.490 e. The molecular formula is C28H33F3N4O10. The number of carbonyl (C=O) groups is 6. The van der Waals surface area contributed by atoms with Crippen molar-refractivity contribution in [2.75, 3.05) is 6.67 Å². The van der Waals surface area contributed by atoms with E-state index in [0.717, 1.165) is 25.3 Å². The summed E-state index contributed by atoms with van der Waals surface area (Å²) in [6.45, 7) is 3.55. The molecule has 0 aliphatic heterocycles. The first-order valence-electron chi connectivity index (χ1n) is 13.4. The Morgan fingerprint density at radius 3 is 2.09 bits per heavy atom. The highest BCUT2D eigenvalue weighted by Gasteiger charge is 2.38. The van der Waals surface area contributed by atoms with E-state index in [9.17, 15) is 52.6 Å². The Bertz CT molecular complexity index is 1370. The molecule has 2 rings (SSSR count). The first kappa shape index (κ1) is 38.0. The number of nitrogens with one attached hydrogen (secondary N) is 2. The molecule has 2 atom stereocenters. The van der Waals surface area contributed by atoms with E-state index >= 15 is 0 Å². The zero-order valence-corrected chi connectivity index (χ0v) is 24.2. The van der Waals surface area contributed by atoms with Gasteiger partial charge in [0.2, 0.25) is 12.3 Å². The highest BCUT2D eigenvalue weighted by Crippen LogP contribution is 2.23. The molecule has 0 saturated carbocycles. The fourth-order valence-corrected chi connectivity index (χ4v) is 4.07. The van der Waals surface area contributed by atoms with E-state index in [0.29, 0.717) is 23.5 Å². The molecule has 1 aromatic carbocycles. The number of carboxylic acid groups (broad SMARTS) is 3. The maximum Gasteiger partial charge on any atom is 0.490 e. The third kappa shape index (κ3) is 11.9. The quantitative estimate of drug-likeness (QED) is 0.0543. The molecular weight excluding hydrogens is 609 g/mol. The number of carboxylic acids is 3. The molecule has 0 fully saturated rings. The minimum Gasteiger partial charge on any atom is -0.478 e. The molecule has 0 bridgehead atoms. The summed E-state index contributed by atoms with van der Waals surface area (Å²) in [6.07, 6.45) is -1.44. The van der Waals surface area contributed by atoms with Gasteiger partial charge in [0.25, 0.3) is 5.91 Å². The van der Waals surface area contributed by atoms with Crippen molar-refractivity contribution in [3.63, 3.8) is 0 Å². The number of rotatable bonds is 15. The normalized spacial score (nSPS) is 12.0. The Kier molecular flexibility index (Phi) is 15.1. The molecule has 0 saturated heterocycles. The summed E-state index contributed by atoms with van der Waals surface area (Å²) >= 11 is 0. The monoisotopic (exact) mass is 642 g/mol. The third-order valence-electron chi connectivity index (χ3n) is 6.30. The second-order valence-corrected chi connectivity index (χ2v) is 9.37. The lowest BCUT2D eigenvalue weighted by Gasteiger charge is -2.29. The topological polar surface area (TPSA) is 224 Å². The second-order valence-electron chi connectivity index (χ2n) is 9.37. The Morgan fingerprint density at radius 1 is 0.956 bits per heavy atom. The Hall–Kier alpha value is -5.06. The summed E-state index contributed by atoms with van der Waals surface area (Å²) in [4.78, 5) is 72.5. The van der Waals surface area contributed by atoms with Crippen LogP contribution < -0.4 is 10.6 Å². The van der Waals surface area contributed by atoms with Crippen molar-refractivity contribution in [3.8, 4) is 11.3 Å². The SMILES string of the molecule is CCCCC[C@@H](C(=O)NCNC(=O)c1cccc(-c2ccc(C(=O)O)c(C(=O)O)c2)n1)[C@@H](CC)N(O)C=O.O=C(O)C(F)(F)F. The molecule has 6 N–H and O–H groups in total. The molecule has 1 aromatic heterocycles. The van der Waals surface area contributed by atoms with Gasteiger partial charge >= 0.3 is 24.1 Å². The number of alkyl halides is 3. The number of pyridine rings is 1. The number of aromatic carboxylic acids is 2. The summed E-state index contributed by atoms with van der Waals surface area (Å²) < 4.78 is 31.7. The zero-order valence-electron chi connectivity index (χ0n) is 24.2. The lowest BCUT2D eigenvalue weighted by atomic mass is 9.90. The van der Waals surface area contributed by atoms with E-state index in [2.05, 4.69) is 15.6 Å². The van der Waals surface area contributed by atoms with E-state index in [-0.39, 0.29) is 30.0 Å². The molecule has 0 radical (unpaired) electrons. The number of benzene rings is 1. The highest BCUT2D eigenvalue weighted by atomic mass is 19.4.